The molecule has 0 aliphatic carbocycles. The lowest BCUT2D eigenvalue weighted by Crippen LogP contribution is -1.96. The van der Waals surface area contributed by atoms with Crippen molar-refractivity contribution < 1.29 is 9.90 Å². The molecule has 0 aliphatic heterocycles. The van der Waals surface area contributed by atoms with E-state index in [2.05, 4.69) is 15.3 Å². The fourth-order valence-corrected chi connectivity index (χ4v) is 2.34. The normalized spacial score (nSPS) is 10.2. The number of aryl methyl sites for hydroxylation is 1. The van der Waals surface area contributed by atoms with Crippen molar-refractivity contribution >= 4 is 38.9 Å². The van der Waals surface area contributed by atoms with Gasteiger partial charge in [0.1, 0.15) is 0 Å². The highest BCUT2D eigenvalue weighted by Gasteiger charge is 2.09. The van der Waals surface area contributed by atoms with Gasteiger partial charge in [-0.15, -0.1) is 22.7 Å². The molecule has 0 saturated carbocycles. The van der Waals surface area contributed by atoms with Crippen LogP contribution in [0.15, 0.2) is 11.6 Å². The Bertz CT molecular complexity index is 492. The van der Waals surface area contributed by atoms with E-state index in [9.17, 15) is 4.79 Å². The number of anilines is 2. The number of nitrogens with one attached hydrogen (secondary N) is 1. The molecule has 0 bridgehead atoms. The maximum absolute atomic E-state index is 10.6. The highest BCUT2D eigenvalue weighted by Crippen LogP contribution is 2.24. The minimum absolute atomic E-state index is 0.0516. The number of carboxylic acids is 1. The van der Waals surface area contributed by atoms with Crippen molar-refractivity contribution in [2.24, 2.45) is 0 Å². The maximum Gasteiger partial charge on any atom is 0.355 e. The van der Waals surface area contributed by atoms with E-state index >= 15 is 0 Å². The van der Waals surface area contributed by atoms with E-state index in [0.29, 0.717) is 5.13 Å². The van der Waals surface area contributed by atoms with Crippen LogP contribution in [-0.2, 0) is 0 Å². The van der Waals surface area contributed by atoms with Crippen molar-refractivity contribution in [2.45, 2.75) is 6.92 Å². The summed E-state index contributed by atoms with van der Waals surface area (Å²) >= 11 is 2.74. The number of nitrogens with zero attached hydrogens (tertiary/aromatic N) is 2. The molecule has 15 heavy (non-hydrogen) atoms. The lowest BCUT2D eigenvalue weighted by molar-refractivity contribution is 0.0691. The highest BCUT2D eigenvalue weighted by atomic mass is 32.1. The minimum atomic E-state index is -1.02. The topological polar surface area (TPSA) is 75.1 Å². The molecule has 0 saturated heterocycles. The number of thiazole rings is 2. The second kappa shape index (κ2) is 3.95. The number of aromatic nitrogens is 2. The molecule has 0 radical (unpaired) electrons. The average molecular weight is 241 g/mol. The smallest absolute Gasteiger partial charge is 0.355 e. The van der Waals surface area contributed by atoms with E-state index in [1.54, 1.807) is 6.20 Å². The van der Waals surface area contributed by atoms with Gasteiger partial charge in [-0.3, -0.25) is 0 Å². The highest BCUT2D eigenvalue weighted by molar-refractivity contribution is 7.17. The fraction of sp³-hybridized carbons (Fsp3) is 0.125. The summed E-state index contributed by atoms with van der Waals surface area (Å²) in [7, 11) is 0. The molecule has 0 amide bonds. The van der Waals surface area contributed by atoms with E-state index < -0.39 is 5.97 Å². The maximum atomic E-state index is 10.6. The van der Waals surface area contributed by atoms with Crippen molar-refractivity contribution in [1.29, 1.82) is 0 Å². The molecule has 2 rings (SSSR count). The Kier molecular flexibility index (Phi) is 2.65. The number of carbonyl (C=O) groups is 1. The Morgan fingerprint density at radius 1 is 1.53 bits per heavy atom. The molecule has 7 heteroatoms. The van der Waals surface area contributed by atoms with E-state index in [4.69, 9.17) is 5.11 Å². The summed E-state index contributed by atoms with van der Waals surface area (Å²) in [5.41, 5.74) is 0.0516. The molecule has 2 heterocycles. The van der Waals surface area contributed by atoms with Crippen LogP contribution in [0.2, 0.25) is 0 Å². The summed E-state index contributed by atoms with van der Waals surface area (Å²) in [6.07, 6.45) is 1.75. The molecule has 0 spiro atoms. The zero-order chi connectivity index (χ0) is 10.8. The number of aromatic carboxylic acids is 1. The van der Waals surface area contributed by atoms with E-state index in [0.717, 1.165) is 10.0 Å². The first-order valence-corrected chi connectivity index (χ1v) is 5.73. The van der Waals surface area contributed by atoms with Gasteiger partial charge < -0.3 is 10.4 Å². The van der Waals surface area contributed by atoms with Crippen LogP contribution >= 0.6 is 22.7 Å². The van der Waals surface area contributed by atoms with Crippen LogP contribution in [0.4, 0.5) is 10.3 Å². The average Bonchev–Trinajstić information content (AvgIpc) is 2.76. The van der Waals surface area contributed by atoms with E-state index in [1.165, 1.54) is 28.1 Å². The number of hydrogen-bond donors (Lipinski definition) is 2. The molecule has 78 valence electrons. The van der Waals surface area contributed by atoms with Crippen LogP contribution in [0.1, 0.15) is 15.4 Å². The van der Waals surface area contributed by atoms with Crippen molar-refractivity contribution in [3.8, 4) is 0 Å². The first kappa shape index (κ1) is 10.1. The van der Waals surface area contributed by atoms with Gasteiger partial charge in [0.05, 0.1) is 0 Å². The van der Waals surface area contributed by atoms with Crippen molar-refractivity contribution in [1.82, 2.24) is 9.97 Å². The van der Waals surface area contributed by atoms with Crippen LogP contribution in [0, 0.1) is 6.92 Å². The van der Waals surface area contributed by atoms with Crippen molar-refractivity contribution in [3.05, 3.63) is 22.1 Å². The number of carboxylic acid groups (broad SMARTS) is 1. The Hall–Kier alpha value is -1.47. The Morgan fingerprint density at radius 3 is 2.87 bits per heavy atom. The van der Waals surface area contributed by atoms with Crippen molar-refractivity contribution in [3.63, 3.8) is 0 Å². The molecular weight excluding hydrogens is 234 g/mol. The summed E-state index contributed by atoms with van der Waals surface area (Å²) < 4.78 is 0. The predicted octanol–water partition coefficient (Wildman–Crippen LogP) is 2.35. The zero-order valence-corrected chi connectivity index (χ0v) is 9.35. The second-order valence-electron chi connectivity index (χ2n) is 2.74. The number of hydrogen-bond acceptors (Lipinski definition) is 6. The van der Waals surface area contributed by atoms with Gasteiger partial charge in [0.25, 0.3) is 0 Å². The third-order valence-electron chi connectivity index (χ3n) is 1.56. The van der Waals surface area contributed by atoms with Crippen LogP contribution < -0.4 is 5.32 Å². The molecule has 0 atom stereocenters. The van der Waals surface area contributed by atoms with Crippen LogP contribution in [0.5, 0.6) is 0 Å². The third-order valence-corrected chi connectivity index (χ3v) is 3.14. The summed E-state index contributed by atoms with van der Waals surface area (Å²) in [4.78, 5) is 19.6. The van der Waals surface area contributed by atoms with Gasteiger partial charge in [0, 0.05) is 16.5 Å². The molecule has 2 aromatic heterocycles. The largest absolute Gasteiger partial charge is 0.476 e. The Labute approximate surface area is 93.4 Å². The molecule has 0 aliphatic rings. The summed E-state index contributed by atoms with van der Waals surface area (Å²) in [5, 5.41) is 14.4. The first-order chi connectivity index (χ1) is 7.15. The molecule has 0 unspecified atom stereocenters. The molecule has 0 aromatic carbocycles. The Balaban J connectivity index is 2.14. The van der Waals surface area contributed by atoms with Crippen LogP contribution in [-0.4, -0.2) is 21.0 Å². The van der Waals surface area contributed by atoms with Gasteiger partial charge in [-0.1, -0.05) is 0 Å². The predicted molar refractivity (Wildman–Crippen MR) is 59.2 cm³/mol. The summed E-state index contributed by atoms with van der Waals surface area (Å²) in [6, 6.07) is 0. The fourth-order valence-electron chi connectivity index (χ4n) is 0.933. The Morgan fingerprint density at radius 2 is 2.33 bits per heavy atom. The monoisotopic (exact) mass is 241 g/mol. The van der Waals surface area contributed by atoms with Gasteiger partial charge >= 0.3 is 5.97 Å². The zero-order valence-electron chi connectivity index (χ0n) is 7.72. The summed E-state index contributed by atoms with van der Waals surface area (Å²) in [6.45, 7) is 1.95. The van der Waals surface area contributed by atoms with Crippen molar-refractivity contribution in [2.75, 3.05) is 5.32 Å². The van der Waals surface area contributed by atoms with Gasteiger partial charge in [-0.05, 0) is 6.92 Å². The molecule has 2 aromatic rings. The minimum Gasteiger partial charge on any atom is -0.476 e. The number of rotatable bonds is 3. The van der Waals surface area contributed by atoms with E-state index in [-0.39, 0.29) is 5.69 Å². The van der Waals surface area contributed by atoms with Gasteiger partial charge in [0.2, 0.25) is 0 Å². The lowest BCUT2D eigenvalue weighted by atomic mass is 10.5. The van der Waals surface area contributed by atoms with Crippen LogP contribution in [0.25, 0.3) is 0 Å². The van der Waals surface area contributed by atoms with Gasteiger partial charge in [-0.2, -0.15) is 0 Å². The molecule has 2 N–H and O–H groups in total. The first-order valence-electron chi connectivity index (χ1n) is 4.03. The molecular formula is C8H7N3O2S2. The quantitative estimate of drug-likeness (QED) is 0.862. The molecule has 5 nitrogen and oxygen atoms in total. The van der Waals surface area contributed by atoms with Gasteiger partial charge in [-0.25, -0.2) is 14.8 Å². The molecule has 0 fully saturated rings. The SMILES string of the molecule is Cc1cnc(Nc2nc(C(=O)O)cs2)s1. The van der Waals surface area contributed by atoms with Gasteiger partial charge in [0.15, 0.2) is 16.0 Å². The summed E-state index contributed by atoms with van der Waals surface area (Å²) in [5.74, 6) is -1.02. The van der Waals surface area contributed by atoms with E-state index in [1.807, 2.05) is 6.92 Å². The second-order valence-corrected chi connectivity index (χ2v) is 4.84. The standard InChI is InChI=1S/C8H7N3O2S2/c1-4-2-9-7(15-4)11-8-10-5(3-14-8)6(12)13/h2-3H,1H3,(H,12,13)(H,9,10,11). The lowest BCUT2D eigenvalue weighted by Gasteiger charge is -1.94. The third kappa shape index (κ3) is 2.31. The van der Waals surface area contributed by atoms with Crippen LogP contribution in [0.3, 0.4) is 0 Å².